The predicted octanol–water partition coefficient (Wildman–Crippen LogP) is 4.03. The Hall–Kier alpha value is -1.51. The second kappa shape index (κ2) is 8.56. The molecule has 18 heavy (non-hydrogen) atoms. The minimum Gasteiger partial charge on any atom is -0.385 e. The Morgan fingerprint density at radius 1 is 1.00 bits per heavy atom. The molecule has 0 aliphatic carbocycles. The van der Waals surface area contributed by atoms with Crippen molar-refractivity contribution in [3.63, 3.8) is 0 Å². The van der Waals surface area contributed by atoms with Gasteiger partial charge in [-0.2, -0.15) is 0 Å². The minimum absolute atomic E-state index is 0.101. The summed E-state index contributed by atoms with van der Waals surface area (Å²) < 4.78 is 0. The summed E-state index contributed by atoms with van der Waals surface area (Å²) in [6.45, 7) is 5.26. The lowest BCUT2D eigenvalue weighted by Gasteiger charge is -2.08. The van der Waals surface area contributed by atoms with E-state index in [1.807, 2.05) is 24.3 Å². The Balaban J connectivity index is 2.37. The summed E-state index contributed by atoms with van der Waals surface area (Å²) in [4.78, 5) is 11.5. The van der Waals surface area contributed by atoms with Gasteiger partial charge in [-0.05, 0) is 37.1 Å². The number of anilines is 2. The number of unbranched alkanes of at least 4 members (excludes halogenated alkanes) is 2. The van der Waals surface area contributed by atoms with Crippen molar-refractivity contribution >= 4 is 17.3 Å². The number of carbonyl (C=O) groups is 1. The zero-order valence-electron chi connectivity index (χ0n) is 11.5. The van der Waals surface area contributed by atoms with E-state index in [0.29, 0.717) is 6.42 Å². The van der Waals surface area contributed by atoms with Gasteiger partial charge in [-0.25, -0.2) is 0 Å². The summed E-state index contributed by atoms with van der Waals surface area (Å²) in [5, 5.41) is 6.25. The second-order valence-corrected chi connectivity index (χ2v) is 4.51. The summed E-state index contributed by atoms with van der Waals surface area (Å²) >= 11 is 0. The van der Waals surface area contributed by atoms with Gasteiger partial charge in [0.1, 0.15) is 0 Å². The molecule has 100 valence electrons. The van der Waals surface area contributed by atoms with Gasteiger partial charge in [0.2, 0.25) is 5.91 Å². The fourth-order valence-corrected chi connectivity index (χ4v) is 1.64. The fourth-order valence-electron chi connectivity index (χ4n) is 1.64. The van der Waals surface area contributed by atoms with Gasteiger partial charge in [-0.3, -0.25) is 4.79 Å². The van der Waals surface area contributed by atoms with E-state index in [2.05, 4.69) is 24.5 Å². The first-order chi connectivity index (χ1) is 8.76. The average Bonchev–Trinajstić information content (AvgIpc) is 2.39. The van der Waals surface area contributed by atoms with Gasteiger partial charge in [0.25, 0.3) is 0 Å². The van der Waals surface area contributed by atoms with Crippen LogP contribution in [0.1, 0.15) is 46.0 Å². The van der Waals surface area contributed by atoms with E-state index in [-0.39, 0.29) is 5.91 Å². The van der Waals surface area contributed by atoms with E-state index in [0.717, 1.165) is 30.8 Å². The maximum Gasteiger partial charge on any atom is 0.224 e. The SMILES string of the molecule is CCCCNc1ccc(NC(=O)CCCC)cc1. The summed E-state index contributed by atoms with van der Waals surface area (Å²) in [6, 6.07) is 7.90. The molecule has 0 radical (unpaired) electrons. The zero-order chi connectivity index (χ0) is 13.2. The molecule has 1 amide bonds. The van der Waals surface area contributed by atoms with Gasteiger partial charge in [-0.1, -0.05) is 26.7 Å². The van der Waals surface area contributed by atoms with Crippen LogP contribution < -0.4 is 10.6 Å². The van der Waals surface area contributed by atoms with Gasteiger partial charge in [0.15, 0.2) is 0 Å². The maximum atomic E-state index is 11.5. The highest BCUT2D eigenvalue weighted by atomic mass is 16.1. The summed E-state index contributed by atoms with van der Waals surface area (Å²) in [7, 11) is 0. The topological polar surface area (TPSA) is 41.1 Å². The maximum absolute atomic E-state index is 11.5. The van der Waals surface area contributed by atoms with E-state index in [1.54, 1.807) is 0 Å². The Labute approximate surface area is 110 Å². The molecule has 3 nitrogen and oxygen atoms in total. The standard InChI is InChI=1S/C15H24N2O/c1-3-5-7-15(18)17-14-10-8-13(9-11-14)16-12-6-4-2/h8-11,16H,3-7,12H2,1-2H3,(H,17,18). The lowest BCUT2D eigenvalue weighted by molar-refractivity contribution is -0.116. The third kappa shape index (κ3) is 5.71. The smallest absolute Gasteiger partial charge is 0.224 e. The molecular weight excluding hydrogens is 224 g/mol. The highest BCUT2D eigenvalue weighted by Crippen LogP contribution is 2.14. The number of benzene rings is 1. The van der Waals surface area contributed by atoms with E-state index in [1.165, 1.54) is 12.8 Å². The highest BCUT2D eigenvalue weighted by molar-refractivity contribution is 5.90. The predicted molar refractivity (Wildman–Crippen MR) is 78.0 cm³/mol. The first-order valence-corrected chi connectivity index (χ1v) is 6.90. The van der Waals surface area contributed by atoms with E-state index in [4.69, 9.17) is 0 Å². The van der Waals surface area contributed by atoms with Crippen LogP contribution in [0.5, 0.6) is 0 Å². The Kier molecular flexibility index (Phi) is 6.92. The first kappa shape index (κ1) is 14.6. The average molecular weight is 248 g/mol. The summed E-state index contributed by atoms with van der Waals surface area (Å²) in [5.41, 5.74) is 1.98. The van der Waals surface area contributed by atoms with Gasteiger partial charge >= 0.3 is 0 Å². The van der Waals surface area contributed by atoms with Crippen LogP contribution in [-0.2, 0) is 4.79 Å². The molecule has 0 aromatic heterocycles. The van der Waals surface area contributed by atoms with Gasteiger partial charge in [0, 0.05) is 24.3 Å². The van der Waals surface area contributed by atoms with Crippen molar-refractivity contribution < 1.29 is 4.79 Å². The van der Waals surface area contributed by atoms with Crippen molar-refractivity contribution in [1.29, 1.82) is 0 Å². The van der Waals surface area contributed by atoms with E-state index >= 15 is 0 Å². The molecule has 0 spiro atoms. The normalized spacial score (nSPS) is 10.1. The van der Waals surface area contributed by atoms with Gasteiger partial charge in [-0.15, -0.1) is 0 Å². The van der Waals surface area contributed by atoms with Crippen molar-refractivity contribution in [2.45, 2.75) is 46.0 Å². The number of carbonyl (C=O) groups excluding carboxylic acids is 1. The Bertz CT molecular complexity index is 346. The molecule has 2 N–H and O–H groups in total. The summed E-state index contributed by atoms with van der Waals surface area (Å²) in [6.07, 6.45) is 4.97. The Morgan fingerprint density at radius 3 is 2.22 bits per heavy atom. The molecule has 0 fully saturated rings. The summed E-state index contributed by atoms with van der Waals surface area (Å²) in [5.74, 6) is 0.101. The van der Waals surface area contributed by atoms with Crippen molar-refractivity contribution in [2.24, 2.45) is 0 Å². The first-order valence-electron chi connectivity index (χ1n) is 6.90. The molecule has 1 aromatic carbocycles. The monoisotopic (exact) mass is 248 g/mol. The lowest BCUT2D eigenvalue weighted by Crippen LogP contribution is -2.10. The largest absolute Gasteiger partial charge is 0.385 e. The van der Waals surface area contributed by atoms with Crippen LogP contribution in [0.15, 0.2) is 24.3 Å². The highest BCUT2D eigenvalue weighted by Gasteiger charge is 2.01. The van der Waals surface area contributed by atoms with Crippen LogP contribution in [0.4, 0.5) is 11.4 Å². The second-order valence-electron chi connectivity index (χ2n) is 4.51. The van der Waals surface area contributed by atoms with Crippen LogP contribution in [-0.4, -0.2) is 12.5 Å². The van der Waals surface area contributed by atoms with Crippen LogP contribution >= 0.6 is 0 Å². The van der Waals surface area contributed by atoms with Crippen molar-refractivity contribution in [1.82, 2.24) is 0 Å². The number of hydrogen-bond acceptors (Lipinski definition) is 2. The van der Waals surface area contributed by atoms with Gasteiger partial charge in [0.05, 0.1) is 0 Å². The van der Waals surface area contributed by atoms with Crippen molar-refractivity contribution in [3.05, 3.63) is 24.3 Å². The van der Waals surface area contributed by atoms with Crippen LogP contribution in [0.25, 0.3) is 0 Å². The molecular formula is C15H24N2O. The van der Waals surface area contributed by atoms with Crippen molar-refractivity contribution in [2.75, 3.05) is 17.2 Å². The molecule has 1 rings (SSSR count). The molecule has 0 unspecified atom stereocenters. The molecule has 1 aromatic rings. The lowest BCUT2D eigenvalue weighted by atomic mass is 10.2. The number of rotatable bonds is 8. The third-order valence-electron chi connectivity index (χ3n) is 2.79. The molecule has 0 aliphatic rings. The number of nitrogens with one attached hydrogen (secondary N) is 2. The molecule has 0 bridgehead atoms. The molecule has 0 saturated carbocycles. The molecule has 0 aliphatic heterocycles. The van der Waals surface area contributed by atoms with Crippen molar-refractivity contribution in [3.8, 4) is 0 Å². The van der Waals surface area contributed by atoms with E-state index < -0.39 is 0 Å². The minimum atomic E-state index is 0.101. The molecule has 0 atom stereocenters. The number of hydrogen-bond donors (Lipinski definition) is 2. The third-order valence-corrected chi connectivity index (χ3v) is 2.79. The van der Waals surface area contributed by atoms with Crippen LogP contribution in [0, 0.1) is 0 Å². The van der Waals surface area contributed by atoms with Crippen LogP contribution in [0.2, 0.25) is 0 Å². The molecule has 0 saturated heterocycles. The quantitative estimate of drug-likeness (QED) is 0.682. The molecule has 0 heterocycles. The zero-order valence-corrected chi connectivity index (χ0v) is 11.5. The fraction of sp³-hybridized carbons (Fsp3) is 0.533. The van der Waals surface area contributed by atoms with E-state index in [9.17, 15) is 4.79 Å². The molecule has 3 heteroatoms. The number of amides is 1. The Morgan fingerprint density at radius 2 is 1.61 bits per heavy atom. The van der Waals surface area contributed by atoms with Crippen LogP contribution in [0.3, 0.4) is 0 Å². The van der Waals surface area contributed by atoms with Gasteiger partial charge < -0.3 is 10.6 Å².